The standard InChI is InChI=1S/C17H11F3O5S/c1-24-15(22)16(23)26-11-7-8-13(25-10-5-3-2-4-6-10)14(21)12(9-11)17(18,19)20/h2-9H,1H3. The zero-order chi connectivity index (χ0) is 19.3. The molecule has 9 heteroatoms. The van der Waals surface area contributed by atoms with E-state index in [1.54, 1.807) is 18.2 Å². The van der Waals surface area contributed by atoms with E-state index in [0.29, 0.717) is 6.07 Å². The lowest BCUT2D eigenvalue weighted by Crippen LogP contribution is -2.18. The highest BCUT2D eigenvalue weighted by atomic mass is 32.2. The summed E-state index contributed by atoms with van der Waals surface area (Å²) in [6.07, 6.45) is -4.98. The number of esters is 1. The molecule has 0 heterocycles. The van der Waals surface area contributed by atoms with Crippen LogP contribution in [-0.4, -0.2) is 18.2 Å². The number of methoxy groups -OCH3 is 1. The molecule has 0 saturated heterocycles. The van der Waals surface area contributed by atoms with Gasteiger partial charge < -0.3 is 9.47 Å². The lowest BCUT2D eigenvalue weighted by atomic mass is 10.2. The molecule has 0 bridgehead atoms. The van der Waals surface area contributed by atoms with Crippen molar-refractivity contribution >= 4 is 22.8 Å². The first-order chi connectivity index (χ1) is 12.2. The first kappa shape index (κ1) is 19.5. The van der Waals surface area contributed by atoms with Gasteiger partial charge in [-0.25, -0.2) is 4.79 Å². The number of alkyl halides is 3. The Morgan fingerprint density at radius 3 is 2.27 bits per heavy atom. The molecular weight excluding hydrogens is 373 g/mol. The molecule has 0 aliphatic carbocycles. The fraction of sp³-hybridized carbons (Fsp3) is 0.118. The van der Waals surface area contributed by atoms with E-state index in [-0.39, 0.29) is 22.4 Å². The molecule has 0 aromatic heterocycles. The number of rotatable bonds is 3. The third-order valence-corrected chi connectivity index (χ3v) is 3.83. The van der Waals surface area contributed by atoms with Gasteiger partial charge in [0.2, 0.25) is 5.43 Å². The Bertz CT molecular complexity index is 882. The van der Waals surface area contributed by atoms with Crippen molar-refractivity contribution in [1.82, 2.24) is 0 Å². The van der Waals surface area contributed by atoms with Gasteiger partial charge in [-0.1, -0.05) is 18.2 Å². The van der Waals surface area contributed by atoms with Crippen molar-refractivity contribution in [2.45, 2.75) is 11.1 Å². The van der Waals surface area contributed by atoms with E-state index in [2.05, 4.69) is 4.74 Å². The largest absolute Gasteiger partial charge is 0.463 e. The van der Waals surface area contributed by atoms with Gasteiger partial charge in [0.15, 0.2) is 5.75 Å². The zero-order valence-electron chi connectivity index (χ0n) is 13.2. The SMILES string of the molecule is COC(=O)C(=O)Sc1ccc(Oc2ccccc2)c(=O)c(C(F)(F)F)c1. The molecule has 5 nitrogen and oxygen atoms in total. The number of thioether (sulfide) groups is 1. The summed E-state index contributed by atoms with van der Waals surface area (Å²) < 4.78 is 49.2. The monoisotopic (exact) mass is 384 g/mol. The van der Waals surface area contributed by atoms with Gasteiger partial charge in [-0.2, -0.15) is 13.2 Å². The van der Waals surface area contributed by atoms with E-state index < -0.39 is 34.0 Å². The maximum Gasteiger partial charge on any atom is 0.420 e. The molecule has 0 aliphatic heterocycles. The predicted molar refractivity (Wildman–Crippen MR) is 87.1 cm³/mol. The third kappa shape index (κ3) is 4.85. The number of carbonyl (C=O) groups is 2. The first-order valence-electron chi connectivity index (χ1n) is 7.01. The highest BCUT2D eigenvalue weighted by Crippen LogP contribution is 2.31. The van der Waals surface area contributed by atoms with E-state index in [0.717, 1.165) is 19.2 Å². The minimum absolute atomic E-state index is 0.170. The van der Waals surface area contributed by atoms with Crippen LogP contribution in [0.5, 0.6) is 11.5 Å². The number of halogens is 3. The highest BCUT2D eigenvalue weighted by Gasteiger charge is 2.35. The van der Waals surface area contributed by atoms with Gasteiger partial charge in [0.05, 0.1) is 7.11 Å². The van der Waals surface area contributed by atoms with E-state index in [4.69, 9.17) is 4.74 Å². The van der Waals surface area contributed by atoms with Crippen LogP contribution in [0.4, 0.5) is 13.2 Å². The summed E-state index contributed by atoms with van der Waals surface area (Å²) >= 11 is 0.216. The molecule has 0 N–H and O–H groups in total. The van der Waals surface area contributed by atoms with Gasteiger partial charge in [0.25, 0.3) is 0 Å². The third-order valence-electron chi connectivity index (χ3n) is 2.99. The van der Waals surface area contributed by atoms with Crippen molar-refractivity contribution in [3.8, 4) is 11.5 Å². The van der Waals surface area contributed by atoms with Crippen LogP contribution >= 0.6 is 11.8 Å². The lowest BCUT2D eigenvalue weighted by Gasteiger charge is -2.06. The predicted octanol–water partition coefficient (Wildman–Crippen LogP) is 3.65. The Morgan fingerprint density at radius 1 is 1.04 bits per heavy atom. The van der Waals surface area contributed by atoms with E-state index in [9.17, 15) is 27.6 Å². The second-order valence-electron chi connectivity index (χ2n) is 4.78. The molecule has 2 aromatic carbocycles. The van der Waals surface area contributed by atoms with Crippen LogP contribution in [0.25, 0.3) is 0 Å². The van der Waals surface area contributed by atoms with Gasteiger partial charge in [-0.05, 0) is 42.1 Å². The normalized spacial score (nSPS) is 10.9. The van der Waals surface area contributed by atoms with Crippen molar-refractivity contribution in [2.75, 3.05) is 7.11 Å². The number of para-hydroxylation sites is 1. The summed E-state index contributed by atoms with van der Waals surface area (Å²) in [7, 11) is 0.967. The summed E-state index contributed by atoms with van der Waals surface area (Å²) in [5.74, 6) is -1.62. The Kier molecular flexibility index (Phi) is 6.04. The summed E-state index contributed by atoms with van der Waals surface area (Å²) in [4.78, 5) is 34.7. The van der Waals surface area contributed by atoms with Crippen molar-refractivity contribution in [3.63, 3.8) is 0 Å². The molecule has 0 aliphatic rings. The average Bonchev–Trinajstić information content (AvgIpc) is 2.75. The van der Waals surface area contributed by atoms with Crippen LogP contribution in [0.2, 0.25) is 0 Å². The van der Waals surface area contributed by atoms with Gasteiger partial charge in [-0.3, -0.25) is 9.59 Å². The van der Waals surface area contributed by atoms with Crippen molar-refractivity contribution < 1.29 is 32.2 Å². The lowest BCUT2D eigenvalue weighted by molar-refractivity contribution is -0.147. The Morgan fingerprint density at radius 2 is 1.69 bits per heavy atom. The van der Waals surface area contributed by atoms with E-state index in [1.807, 2.05) is 0 Å². The second-order valence-corrected chi connectivity index (χ2v) is 5.83. The molecule has 136 valence electrons. The maximum absolute atomic E-state index is 13.2. The quantitative estimate of drug-likeness (QED) is 0.457. The second kappa shape index (κ2) is 8.05. The fourth-order valence-corrected chi connectivity index (χ4v) is 2.52. The number of carbonyl (C=O) groups excluding carboxylic acids is 2. The molecule has 0 spiro atoms. The summed E-state index contributed by atoms with van der Waals surface area (Å²) in [5.41, 5.74) is -2.91. The van der Waals surface area contributed by atoms with Crippen LogP contribution in [-0.2, 0) is 20.5 Å². The zero-order valence-corrected chi connectivity index (χ0v) is 14.0. The first-order valence-corrected chi connectivity index (χ1v) is 7.82. The van der Waals surface area contributed by atoms with Crippen LogP contribution in [0.15, 0.2) is 58.2 Å². The number of hydrogen-bond acceptors (Lipinski definition) is 6. The molecule has 0 fully saturated rings. The number of hydrogen-bond donors (Lipinski definition) is 0. The molecule has 0 amide bonds. The van der Waals surface area contributed by atoms with Crippen molar-refractivity contribution in [2.24, 2.45) is 0 Å². The molecule has 2 rings (SSSR count). The maximum atomic E-state index is 13.2. The fourth-order valence-electron chi connectivity index (χ4n) is 1.82. The molecule has 0 saturated carbocycles. The van der Waals surface area contributed by atoms with Gasteiger partial charge in [0.1, 0.15) is 11.3 Å². The number of benzene rings is 1. The van der Waals surface area contributed by atoms with Crippen molar-refractivity contribution in [1.29, 1.82) is 0 Å². The van der Waals surface area contributed by atoms with Crippen LogP contribution in [0.3, 0.4) is 0 Å². The van der Waals surface area contributed by atoms with Gasteiger partial charge in [-0.15, -0.1) is 0 Å². The van der Waals surface area contributed by atoms with Gasteiger partial charge >= 0.3 is 17.3 Å². The van der Waals surface area contributed by atoms with Crippen molar-refractivity contribution in [3.05, 3.63) is 64.3 Å². The topological polar surface area (TPSA) is 69.7 Å². The minimum Gasteiger partial charge on any atom is -0.463 e. The van der Waals surface area contributed by atoms with Gasteiger partial charge in [0, 0.05) is 4.90 Å². The minimum atomic E-state index is -4.98. The van der Waals surface area contributed by atoms with Crippen LogP contribution in [0, 0.1) is 0 Å². The molecule has 0 radical (unpaired) electrons. The Labute approximate surface area is 149 Å². The van der Waals surface area contributed by atoms with Crippen LogP contribution < -0.4 is 10.2 Å². The van der Waals surface area contributed by atoms with E-state index >= 15 is 0 Å². The molecule has 26 heavy (non-hydrogen) atoms. The molecule has 2 aromatic rings. The Hall–Kier alpha value is -2.81. The smallest absolute Gasteiger partial charge is 0.420 e. The Balaban J connectivity index is 2.51. The molecular formula is C17H11F3O5S. The van der Waals surface area contributed by atoms with Crippen LogP contribution in [0.1, 0.15) is 5.56 Å². The van der Waals surface area contributed by atoms with E-state index in [1.165, 1.54) is 12.1 Å². The summed E-state index contributed by atoms with van der Waals surface area (Å²) in [6.45, 7) is 0. The average molecular weight is 384 g/mol. The number of ether oxygens (including phenoxy) is 2. The highest BCUT2D eigenvalue weighted by molar-refractivity contribution is 8.15. The molecule has 0 atom stereocenters. The molecule has 0 unspecified atom stereocenters. The summed E-state index contributed by atoms with van der Waals surface area (Å²) in [5, 5.41) is -1.12. The summed E-state index contributed by atoms with van der Waals surface area (Å²) in [6, 6.07) is 10.4.